The molecule has 0 unspecified atom stereocenters. The van der Waals surface area contributed by atoms with Crippen molar-refractivity contribution in [2.75, 3.05) is 0 Å². The zero-order valence-corrected chi connectivity index (χ0v) is 14.5. The van der Waals surface area contributed by atoms with Crippen molar-refractivity contribution in [1.29, 1.82) is 0 Å². The van der Waals surface area contributed by atoms with Crippen molar-refractivity contribution in [2.45, 2.75) is 25.8 Å². The molecule has 5 nitrogen and oxygen atoms in total. The molecule has 128 valence electrons. The van der Waals surface area contributed by atoms with Crippen molar-refractivity contribution >= 4 is 5.91 Å². The fraction of sp³-hybridized carbons (Fsp3) is 0.250. The van der Waals surface area contributed by atoms with E-state index in [-0.39, 0.29) is 11.8 Å². The van der Waals surface area contributed by atoms with Gasteiger partial charge < -0.3 is 5.32 Å². The van der Waals surface area contributed by atoms with Crippen LogP contribution in [0.5, 0.6) is 0 Å². The molecule has 0 radical (unpaired) electrons. The van der Waals surface area contributed by atoms with Gasteiger partial charge in [-0.2, -0.15) is 5.10 Å². The average molecular weight is 334 g/mol. The molecule has 0 bridgehead atoms. The van der Waals surface area contributed by atoms with Crippen LogP contribution in [0.1, 0.15) is 30.5 Å². The van der Waals surface area contributed by atoms with Gasteiger partial charge in [0.25, 0.3) is 0 Å². The maximum absolute atomic E-state index is 12.6. The summed E-state index contributed by atoms with van der Waals surface area (Å²) in [5.41, 5.74) is 3.94. The fourth-order valence-corrected chi connectivity index (χ4v) is 2.96. The predicted molar refractivity (Wildman–Crippen MR) is 97.8 cm³/mol. The number of aromatic nitrogens is 3. The molecule has 0 fully saturated rings. The summed E-state index contributed by atoms with van der Waals surface area (Å²) in [4.78, 5) is 16.6. The minimum Gasteiger partial charge on any atom is -0.350 e. The molecule has 0 aliphatic heterocycles. The molecule has 0 saturated heterocycles. The van der Waals surface area contributed by atoms with Gasteiger partial charge >= 0.3 is 0 Å². The molecule has 2 heterocycles. The third-order valence-electron chi connectivity index (χ3n) is 4.28. The van der Waals surface area contributed by atoms with Crippen LogP contribution in [0, 0.1) is 0 Å². The minimum absolute atomic E-state index is 0.0322. The molecule has 1 amide bonds. The Labute approximate surface area is 147 Å². The maximum Gasteiger partial charge on any atom is 0.227 e. The molecule has 0 aliphatic rings. The van der Waals surface area contributed by atoms with E-state index in [4.69, 9.17) is 0 Å². The Balaban J connectivity index is 1.68. The highest BCUT2D eigenvalue weighted by atomic mass is 16.1. The van der Waals surface area contributed by atoms with Gasteiger partial charge in [0.2, 0.25) is 5.91 Å². The van der Waals surface area contributed by atoms with Crippen LogP contribution in [-0.2, 0) is 18.4 Å². The topological polar surface area (TPSA) is 59.8 Å². The summed E-state index contributed by atoms with van der Waals surface area (Å²) < 4.78 is 1.82. The van der Waals surface area contributed by atoms with Gasteiger partial charge in [-0.15, -0.1) is 0 Å². The first kappa shape index (κ1) is 16.9. The van der Waals surface area contributed by atoms with Crippen LogP contribution < -0.4 is 5.32 Å². The van der Waals surface area contributed by atoms with E-state index in [2.05, 4.69) is 15.4 Å². The summed E-state index contributed by atoms with van der Waals surface area (Å²) in [6, 6.07) is 15.8. The number of carbonyl (C=O) groups excluding carboxylic acids is 1. The Hall–Kier alpha value is -2.95. The second-order valence-electron chi connectivity index (χ2n) is 5.97. The van der Waals surface area contributed by atoms with E-state index >= 15 is 0 Å². The molecule has 3 aromatic rings. The number of hydrogen-bond acceptors (Lipinski definition) is 3. The normalized spacial score (nSPS) is 11.9. The highest BCUT2D eigenvalue weighted by molar-refractivity contribution is 5.83. The monoisotopic (exact) mass is 334 g/mol. The van der Waals surface area contributed by atoms with Gasteiger partial charge in [-0.1, -0.05) is 37.3 Å². The Kier molecular flexibility index (Phi) is 5.23. The van der Waals surface area contributed by atoms with Gasteiger partial charge in [0, 0.05) is 25.0 Å². The minimum atomic E-state index is -0.135. The first-order valence-electron chi connectivity index (χ1n) is 8.45. The maximum atomic E-state index is 12.6. The zero-order chi connectivity index (χ0) is 17.6. The lowest BCUT2D eigenvalue weighted by molar-refractivity contribution is -0.122. The Bertz CT molecular complexity index is 827. The van der Waals surface area contributed by atoms with Crippen LogP contribution in [0.2, 0.25) is 0 Å². The molecule has 1 N–H and O–H groups in total. The van der Waals surface area contributed by atoms with E-state index in [1.807, 2.05) is 67.2 Å². The second kappa shape index (κ2) is 7.75. The van der Waals surface area contributed by atoms with Crippen molar-refractivity contribution in [1.82, 2.24) is 20.1 Å². The molecule has 25 heavy (non-hydrogen) atoms. The van der Waals surface area contributed by atoms with Crippen LogP contribution >= 0.6 is 0 Å². The Morgan fingerprint density at radius 1 is 1.16 bits per heavy atom. The summed E-state index contributed by atoms with van der Waals surface area (Å²) in [6.07, 6.45) is 4.28. The molecular formula is C20H22N4O. The smallest absolute Gasteiger partial charge is 0.227 e. The second-order valence-corrected chi connectivity index (χ2v) is 5.97. The van der Waals surface area contributed by atoms with Crippen LogP contribution in [0.4, 0.5) is 0 Å². The molecule has 0 spiro atoms. The van der Waals surface area contributed by atoms with Crippen LogP contribution in [-0.4, -0.2) is 20.7 Å². The Morgan fingerprint density at radius 3 is 2.56 bits per heavy atom. The van der Waals surface area contributed by atoms with Crippen molar-refractivity contribution in [3.63, 3.8) is 0 Å². The van der Waals surface area contributed by atoms with Gasteiger partial charge in [0.15, 0.2) is 0 Å². The number of amides is 1. The van der Waals surface area contributed by atoms with E-state index in [9.17, 15) is 4.79 Å². The van der Waals surface area contributed by atoms with E-state index in [0.717, 1.165) is 28.9 Å². The zero-order valence-electron chi connectivity index (χ0n) is 14.5. The molecule has 5 heteroatoms. The highest BCUT2D eigenvalue weighted by Crippen LogP contribution is 2.21. The van der Waals surface area contributed by atoms with Gasteiger partial charge in [-0.05, 0) is 30.2 Å². The summed E-state index contributed by atoms with van der Waals surface area (Å²) in [6.45, 7) is 2.45. The lowest BCUT2D eigenvalue weighted by atomic mass is 9.96. The van der Waals surface area contributed by atoms with Crippen molar-refractivity contribution < 1.29 is 4.79 Å². The van der Waals surface area contributed by atoms with E-state index in [0.29, 0.717) is 6.54 Å². The third kappa shape index (κ3) is 3.94. The molecule has 0 saturated carbocycles. The molecule has 1 atom stereocenters. The van der Waals surface area contributed by atoms with E-state index < -0.39 is 0 Å². The molecular weight excluding hydrogens is 312 g/mol. The van der Waals surface area contributed by atoms with E-state index in [1.54, 1.807) is 12.4 Å². The SMILES string of the molecule is CC[C@H](C(=O)NCc1cc(-c2ccncc2)n(C)n1)c1ccccc1. The number of nitrogens with zero attached hydrogens (tertiary/aromatic N) is 3. The number of nitrogens with one attached hydrogen (secondary N) is 1. The molecule has 3 rings (SSSR count). The van der Waals surface area contributed by atoms with Crippen molar-refractivity contribution in [3.8, 4) is 11.3 Å². The first-order chi connectivity index (χ1) is 12.2. The Morgan fingerprint density at radius 2 is 1.88 bits per heavy atom. The average Bonchev–Trinajstić information content (AvgIpc) is 3.03. The van der Waals surface area contributed by atoms with Gasteiger partial charge in [0.05, 0.1) is 23.9 Å². The number of rotatable bonds is 6. The summed E-state index contributed by atoms with van der Waals surface area (Å²) >= 11 is 0. The molecule has 2 aromatic heterocycles. The number of hydrogen-bond donors (Lipinski definition) is 1. The number of aryl methyl sites for hydroxylation is 1. The summed E-state index contributed by atoms with van der Waals surface area (Å²) in [7, 11) is 1.90. The van der Waals surface area contributed by atoms with Gasteiger partial charge in [0.1, 0.15) is 0 Å². The van der Waals surface area contributed by atoms with Gasteiger partial charge in [-0.25, -0.2) is 0 Å². The van der Waals surface area contributed by atoms with Crippen molar-refractivity contribution in [3.05, 3.63) is 72.2 Å². The lowest BCUT2D eigenvalue weighted by Gasteiger charge is -2.14. The summed E-state index contributed by atoms with van der Waals surface area (Å²) in [5.74, 6) is -0.102. The first-order valence-corrected chi connectivity index (χ1v) is 8.45. The van der Waals surface area contributed by atoms with Crippen molar-refractivity contribution in [2.24, 2.45) is 7.05 Å². The summed E-state index contributed by atoms with van der Waals surface area (Å²) in [5, 5.41) is 7.51. The van der Waals surface area contributed by atoms with E-state index in [1.165, 1.54) is 0 Å². The predicted octanol–water partition coefficient (Wildman–Crippen LogP) is 3.29. The molecule has 0 aliphatic carbocycles. The largest absolute Gasteiger partial charge is 0.350 e. The number of carbonyl (C=O) groups is 1. The standard InChI is InChI=1S/C20H22N4O/c1-3-18(15-7-5-4-6-8-15)20(25)22-14-17-13-19(24(2)23-17)16-9-11-21-12-10-16/h4-13,18H,3,14H2,1-2H3,(H,22,25)/t18-/m0/s1. The third-order valence-corrected chi connectivity index (χ3v) is 4.28. The van der Waals surface area contributed by atoms with Crippen LogP contribution in [0.3, 0.4) is 0 Å². The quantitative estimate of drug-likeness (QED) is 0.752. The number of benzene rings is 1. The number of pyridine rings is 1. The van der Waals surface area contributed by atoms with Crippen LogP contribution in [0.25, 0.3) is 11.3 Å². The fourth-order valence-electron chi connectivity index (χ4n) is 2.96. The van der Waals surface area contributed by atoms with Gasteiger partial charge in [-0.3, -0.25) is 14.5 Å². The lowest BCUT2D eigenvalue weighted by Crippen LogP contribution is -2.28. The van der Waals surface area contributed by atoms with Crippen LogP contribution in [0.15, 0.2) is 60.9 Å². The molecule has 1 aromatic carbocycles. The highest BCUT2D eigenvalue weighted by Gasteiger charge is 2.18.